The van der Waals surface area contributed by atoms with Gasteiger partial charge in [-0.1, -0.05) is 29.8 Å². The zero-order chi connectivity index (χ0) is 18.4. The van der Waals surface area contributed by atoms with Gasteiger partial charge in [-0.3, -0.25) is 9.59 Å². The summed E-state index contributed by atoms with van der Waals surface area (Å²) in [6.45, 7) is 0.00215. The monoisotopic (exact) mass is 363 g/mol. The second-order valence-electron chi connectivity index (χ2n) is 5.65. The summed E-state index contributed by atoms with van der Waals surface area (Å²) in [5.41, 5.74) is 1.93. The molecule has 0 aromatic heterocycles. The molecule has 132 valence electrons. The van der Waals surface area contributed by atoms with Gasteiger partial charge in [0.1, 0.15) is 5.82 Å². The number of anilines is 2. The molecule has 2 N–H and O–H groups in total. The van der Waals surface area contributed by atoms with Crippen LogP contribution < -0.4 is 10.6 Å². The number of carbonyl (C=O) groups is 2. The molecular formula is C18H19ClFN3O2. The predicted octanol–water partition coefficient (Wildman–Crippen LogP) is 3.16. The molecule has 0 aliphatic rings. The van der Waals surface area contributed by atoms with Crippen LogP contribution in [-0.2, 0) is 16.0 Å². The Kier molecular flexibility index (Phi) is 6.36. The summed E-state index contributed by atoms with van der Waals surface area (Å²) in [6, 6.07) is 11.3. The summed E-state index contributed by atoms with van der Waals surface area (Å²) in [5.74, 6) is -0.881. The average Bonchev–Trinajstić information content (AvgIpc) is 2.57. The molecule has 0 unspecified atom stereocenters. The van der Waals surface area contributed by atoms with E-state index in [0.29, 0.717) is 11.4 Å². The van der Waals surface area contributed by atoms with E-state index in [1.165, 1.54) is 23.1 Å². The minimum Gasteiger partial charge on any atom is -0.376 e. The maximum atomic E-state index is 13.1. The van der Waals surface area contributed by atoms with Crippen molar-refractivity contribution >= 4 is 34.8 Å². The molecule has 0 aliphatic carbocycles. The number of benzene rings is 2. The van der Waals surface area contributed by atoms with Crippen LogP contribution in [0.2, 0.25) is 5.02 Å². The van der Waals surface area contributed by atoms with E-state index in [1.54, 1.807) is 20.2 Å². The number of halogens is 2. The maximum Gasteiger partial charge on any atom is 0.243 e. The largest absolute Gasteiger partial charge is 0.376 e. The topological polar surface area (TPSA) is 61.4 Å². The second-order valence-corrected chi connectivity index (χ2v) is 6.06. The van der Waals surface area contributed by atoms with Crippen LogP contribution in [0.25, 0.3) is 0 Å². The summed E-state index contributed by atoms with van der Waals surface area (Å²) in [6.07, 6.45) is 0.241. The van der Waals surface area contributed by atoms with Gasteiger partial charge in [-0.15, -0.1) is 0 Å². The number of amides is 2. The Morgan fingerprint density at radius 3 is 2.56 bits per heavy atom. The molecule has 2 rings (SSSR count). The number of likely N-dealkylation sites (N-methyl/N-ethyl adjacent to an activating group) is 1. The first-order valence-electron chi connectivity index (χ1n) is 7.63. The van der Waals surface area contributed by atoms with Gasteiger partial charge in [-0.25, -0.2) is 4.39 Å². The van der Waals surface area contributed by atoms with Crippen LogP contribution in [0.4, 0.5) is 15.8 Å². The molecular weight excluding hydrogens is 345 g/mol. The lowest BCUT2D eigenvalue weighted by Crippen LogP contribution is -2.25. The van der Waals surface area contributed by atoms with Crippen molar-refractivity contribution < 1.29 is 14.0 Å². The predicted molar refractivity (Wildman–Crippen MR) is 97.4 cm³/mol. The van der Waals surface area contributed by atoms with Crippen LogP contribution in [-0.4, -0.2) is 37.4 Å². The molecule has 5 nitrogen and oxygen atoms in total. The van der Waals surface area contributed by atoms with Crippen LogP contribution in [0.15, 0.2) is 42.5 Å². The minimum atomic E-state index is -0.544. The summed E-state index contributed by atoms with van der Waals surface area (Å²) < 4.78 is 13.1. The Balaban J connectivity index is 1.97. The molecule has 0 heterocycles. The van der Waals surface area contributed by atoms with Gasteiger partial charge < -0.3 is 15.5 Å². The van der Waals surface area contributed by atoms with Crippen LogP contribution in [0.1, 0.15) is 5.56 Å². The lowest BCUT2D eigenvalue weighted by atomic mass is 10.1. The van der Waals surface area contributed by atoms with Crippen molar-refractivity contribution in [3.05, 3.63) is 58.9 Å². The van der Waals surface area contributed by atoms with Gasteiger partial charge in [-0.05, 0) is 29.8 Å². The third-order valence-electron chi connectivity index (χ3n) is 3.50. The number of hydrogen-bond acceptors (Lipinski definition) is 3. The molecule has 0 bridgehead atoms. The molecule has 25 heavy (non-hydrogen) atoms. The molecule has 0 atom stereocenters. The van der Waals surface area contributed by atoms with Crippen LogP contribution in [0.5, 0.6) is 0 Å². The van der Waals surface area contributed by atoms with E-state index < -0.39 is 5.82 Å². The number of para-hydroxylation sites is 1. The molecule has 0 radical (unpaired) electrons. The van der Waals surface area contributed by atoms with Gasteiger partial charge in [0.2, 0.25) is 11.8 Å². The van der Waals surface area contributed by atoms with Crippen molar-refractivity contribution in [2.75, 3.05) is 31.3 Å². The number of nitrogens with zero attached hydrogens (tertiary/aromatic N) is 1. The second kappa shape index (κ2) is 8.48. The van der Waals surface area contributed by atoms with Crippen molar-refractivity contribution in [3.63, 3.8) is 0 Å². The highest BCUT2D eigenvalue weighted by Gasteiger charge is 2.11. The Bertz CT molecular complexity index is 781. The number of nitrogens with one attached hydrogen (secondary N) is 2. The third-order valence-corrected chi connectivity index (χ3v) is 3.79. The highest BCUT2D eigenvalue weighted by molar-refractivity contribution is 6.31. The van der Waals surface area contributed by atoms with Gasteiger partial charge in [0.25, 0.3) is 0 Å². The highest BCUT2D eigenvalue weighted by atomic mass is 35.5. The van der Waals surface area contributed by atoms with Crippen LogP contribution in [0.3, 0.4) is 0 Å². The fourth-order valence-electron chi connectivity index (χ4n) is 2.12. The average molecular weight is 364 g/mol. The quantitative estimate of drug-likeness (QED) is 0.828. The minimum absolute atomic E-state index is 0.00215. The van der Waals surface area contributed by atoms with E-state index in [9.17, 15) is 14.0 Å². The molecule has 7 heteroatoms. The van der Waals surface area contributed by atoms with Gasteiger partial charge in [0.15, 0.2) is 0 Å². The number of carbonyl (C=O) groups excluding carboxylic acids is 2. The van der Waals surface area contributed by atoms with E-state index in [-0.39, 0.29) is 29.8 Å². The Morgan fingerprint density at radius 2 is 1.88 bits per heavy atom. The van der Waals surface area contributed by atoms with Crippen LogP contribution in [0, 0.1) is 5.82 Å². The normalized spacial score (nSPS) is 10.2. The van der Waals surface area contributed by atoms with Crippen molar-refractivity contribution in [1.29, 1.82) is 0 Å². The molecule has 2 amide bonds. The fourth-order valence-corrected chi connectivity index (χ4v) is 2.30. The van der Waals surface area contributed by atoms with Gasteiger partial charge >= 0.3 is 0 Å². The third kappa shape index (κ3) is 5.46. The van der Waals surface area contributed by atoms with E-state index >= 15 is 0 Å². The van der Waals surface area contributed by atoms with Crippen molar-refractivity contribution in [1.82, 2.24) is 4.90 Å². The maximum absolute atomic E-state index is 13.1. The smallest absolute Gasteiger partial charge is 0.243 e. The van der Waals surface area contributed by atoms with Crippen molar-refractivity contribution in [2.24, 2.45) is 0 Å². The number of rotatable bonds is 6. The fraction of sp³-hybridized carbons (Fsp3) is 0.222. The SMILES string of the molecule is CN(C)C(=O)Cc1ccccc1NCC(=O)Nc1ccc(F)c(Cl)c1. The Hall–Kier alpha value is -2.60. The van der Waals surface area contributed by atoms with E-state index in [4.69, 9.17) is 11.6 Å². The van der Waals surface area contributed by atoms with E-state index in [2.05, 4.69) is 10.6 Å². The summed E-state index contributed by atoms with van der Waals surface area (Å²) in [5, 5.41) is 5.59. The molecule has 0 saturated carbocycles. The standard InChI is InChI=1S/C18H19ClFN3O2/c1-23(2)18(25)9-12-5-3-4-6-16(12)21-11-17(24)22-13-7-8-15(20)14(19)10-13/h3-8,10,21H,9,11H2,1-2H3,(H,22,24). The molecule has 0 aliphatic heterocycles. The first-order chi connectivity index (χ1) is 11.9. The number of hydrogen-bond donors (Lipinski definition) is 2. The van der Waals surface area contributed by atoms with Crippen molar-refractivity contribution in [2.45, 2.75) is 6.42 Å². The molecule has 0 saturated heterocycles. The summed E-state index contributed by atoms with van der Waals surface area (Å²) in [4.78, 5) is 25.4. The van der Waals surface area contributed by atoms with Gasteiger partial charge in [0.05, 0.1) is 18.0 Å². The van der Waals surface area contributed by atoms with Gasteiger partial charge in [-0.2, -0.15) is 0 Å². The zero-order valence-electron chi connectivity index (χ0n) is 14.0. The first kappa shape index (κ1) is 18.7. The van der Waals surface area contributed by atoms with Crippen molar-refractivity contribution in [3.8, 4) is 0 Å². The Labute approximate surface area is 150 Å². The van der Waals surface area contributed by atoms with E-state index in [0.717, 1.165) is 5.56 Å². The van der Waals surface area contributed by atoms with E-state index in [1.807, 2.05) is 18.2 Å². The zero-order valence-corrected chi connectivity index (χ0v) is 14.7. The highest BCUT2D eigenvalue weighted by Crippen LogP contribution is 2.19. The van der Waals surface area contributed by atoms with Crippen LogP contribution >= 0.6 is 11.6 Å². The lowest BCUT2D eigenvalue weighted by Gasteiger charge is -2.14. The molecule has 0 spiro atoms. The molecule has 2 aromatic rings. The lowest BCUT2D eigenvalue weighted by molar-refractivity contribution is -0.127. The van der Waals surface area contributed by atoms with Gasteiger partial charge in [0, 0.05) is 25.5 Å². The molecule has 0 fully saturated rings. The first-order valence-corrected chi connectivity index (χ1v) is 8.01. The Morgan fingerprint density at radius 1 is 1.16 bits per heavy atom. The summed E-state index contributed by atoms with van der Waals surface area (Å²) >= 11 is 5.69. The molecule has 2 aromatic carbocycles. The summed E-state index contributed by atoms with van der Waals surface area (Å²) in [7, 11) is 3.39.